The van der Waals surface area contributed by atoms with Crippen molar-refractivity contribution in [2.24, 2.45) is 0 Å². The smallest absolute Gasteiger partial charge is 0.161 e. The van der Waals surface area contributed by atoms with Crippen molar-refractivity contribution >= 4 is 5.69 Å². The van der Waals surface area contributed by atoms with Crippen LogP contribution in [0, 0.1) is 6.92 Å². The molecule has 2 rings (SSSR count). The first-order chi connectivity index (χ1) is 8.29. The van der Waals surface area contributed by atoms with Gasteiger partial charge in [0.25, 0.3) is 0 Å². The van der Waals surface area contributed by atoms with Crippen LogP contribution in [-0.2, 0) is 0 Å². The summed E-state index contributed by atoms with van der Waals surface area (Å²) in [5, 5.41) is 0. The summed E-state index contributed by atoms with van der Waals surface area (Å²) in [5.74, 6) is 1.54. The van der Waals surface area contributed by atoms with Crippen molar-refractivity contribution in [1.82, 2.24) is 0 Å². The highest BCUT2D eigenvalue weighted by Gasteiger charge is 2.02. The van der Waals surface area contributed by atoms with Gasteiger partial charge in [-0.25, -0.2) is 5.48 Å². The highest BCUT2D eigenvalue weighted by Crippen LogP contribution is 2.24. The van der Waals surface area contributed by atoms with E-state index in [-0.39, 0.29) is 0 Å². The molecule has 3 heteroatoms. The zero-order valence-electron chi connectivity index (χ0n) is 9.94. The van der Waals surface area contributed by atoms with Gasteiger partial charge < -0.3 is 9.57 Å². The van der Waals surface area contributed by atoms with Crippen LogP contribution in [0.2, 0.25) is 0 Å². The molecule has 0 unspecified atom stereocenters. The number of hydrogen-bond donors (Lipinski definition) is 1. The minimum absolute atomic E-state index is 0.758. The first kappa shape index (κ1) is 11.3. The van der Waals surface area contributed by atoms with Crippen molar-refractivity contribution in [3.8, 4) is 11.5 Å². The molecular formula is C14H15NO2. The fourth-order valence-corrected chi connectivity index (χ4v) is 1.44. The quantitative estimate of drug-likeness (QED) is 0.815. The van der Waals surface area contributed by atoms with Gasteiger partial charge in [-0.05, 0) is 30.7 Å². The van der Waals surface area contributed by atoms with Crippen LogP contribution in [0.25, 0.3) is 0 Å². The Morgan fingerprint density at radius 1 is 1.00 bits per heavy atom. The van der Waals surface area contributed by atoms with E-state index in [1.165, 1.54) is 0 Å². The number of ether oxygens (including phenoxy) is 1. The molecular weight excluding hydrogens is 214 g/mol. The Labute approximate surface area is 101 Å². The Morgan fingerprint density at radius 3 is 2.47 bits per heavy atom. The molecule has 0 aliphatic carbocycles. The molecule has 88 valence electrons. The molecule has 0 aliphatic rings. The molecule has 0 saturated carbocycles. The maximum absolute atomic E-state index is 5.54. The third-order valence-corrected chi connectivity index (χ3v) is 2.45. The fourth-order valence-electron chi connectivity index (χ4n) is 1.44. The predicted octanol–water partition coefficient (Wildman–Crippen LogP) is 3.41. The SMILES string of the molecule is COc1ccc(C)c(ONc2ccccc2)c1. The van der Waals surface area contributed by atoms with E-state index in [4.69, 9.17) is 9.57 Å². The molecule has 0 fully saturated rings. The molecule has 2 aromatic carbocycles. The maximum Gasteiger partial charge on any atom is 0.161 e. The Morgan fingerprint density at radius 2 is 1.76 bits per heavy atom. The molecule has 0 aromatic heterocycles. The lowest BCUT2D eigenvalue weighted by Crippen LogP contribution is -2.05. The summed E-state index contributed by atoms with van der Waals surface area (Å²) >= 11 is 0. The van der Waals surface area contributed by atoms with Crippen LogP contribution in [0.15, 0.2) is 48.5 Å². The summed E-state index contributed by atoms with van der Waals surface area (Å²) < 4.78 is 5.15. The number of benzene rings is 2. The number of nitrogens with one attached hydrogen (secondary N) is 1. The highest BCUT2D eigenvalue weighted by atomic mass is 16.6. The summed E-state index contributed by atoms with van der Waals surface area (Å²) in [6, 6.07) is 15.5. The zero-order valence-corrected chi connectivity index (χ0v) is 9.94. The first-order valence-corrected chi connectivity index (χ1v) is 5.42. The molecule has 0 radical (unpaired) electrons. The van der Waals surface area contributed by atoms with E-state index in [1.807, 2.05) is 55.5 Å². The second kappa shape index (κ2) is 5.25. The van der Waals surface area contributed by atoms with E-state index in [9.17, 15) is 0 Å². The van der Waals surface area contributed by atoms with E-state index in [2.05, 4.69) is 5.48 Å². The molecule has 3 nitrogen and oxygen atoms in total. The lowest BCUT2D eigenvalue weighted by atomic mass is 10.2. The van der Waals surface area contributed by atoms with Gasteiger partial charge in [-0.1, -0.05) is 24.3 Å². The molecule has 0 bridgehead atoms. The van der Waals surface area contributed by atoms with Crippen molar-refractivity contribution in [2.75, 3.05) is 12.6 Å². The van der Waals surface area contributed by atoms with Crippen LogP contribution in [0.1, 0.15) is 5.56 Å². The molecule has 0 heterocycles. The normalized spacial score (nSPS) is 9.76. The van der Waals surface area contributed by atoms with E-state index in [0.29, 0.717) is 0 Å². The molecule has 0 saturated heterocycles. The number of methoxy groups -OCH3 is 1. The van der Waals surface area contributed by atoms with Crippen LogP contribution in [-0.4, -0.2) is 7.11 Å². The summed E-state index contributed by atoms with van der Waals surface area (Å²) in [6.07, 6.45) is 0. The van der Waals surface area contributed by atoms with Gasteiger partial charge in [0.15, 0.2) is 5.75 Å². The van der Waals surface area contributed by atoms with Gasteiger partial charge in [-0.2, -0.15) is 0 Å². The number of hydrogen-bond acceptors (Lipinski definition) is 3. The Kier molecular flexibility index (Phi) is 3.50. The molecule has 0 amide bonds. The first-order valence-electron chi connectivity index (χ1n) is 5.42. The van der Waals surface area contributed by atoms with E-state index < -0.39 is 0 Å². The number of para-hydroxylation sites is 1. The second-order valence-corrected chi connectivity index (χ2v) is 3.70. The number of anilines is 1. The number of aryl methyl sites for hydroxylation is 1. The largest absolute Gasteiger partial charge is 0.497 e. The Bertz CT molecular complexity index is 483. The topological polar surface area (TPSA) is 30.5 Å². The van der Waals surface area contributed by atoms with Crippen LogP contribution < -0.4 is 15.1 Å². The van der Waals surface area contributed by atoms with Gasteiger partial charge in [0.1, 0.15) is 5.75 Å². The minimum Gasteiger partial charge on any atom is -0.497 e. The minimum atomic E-state index is 0.758. The van der Waals surface area contributed by atoms with E-state index >= 15 is 0 Å². The van der Waals surface area contributed by atoms with Gasteiger partial charge in [-0.15, -0.1) is 0 Å². The van der Waals surface area contributed by atoms with Gasteiger partial charge >= 0.3 is 0 Å². The Balaban J connectivity index is 2.08. The lowest BCUT2D eigenvalue weighted by molar-refractivity contribution is 0.387. The average Bonchev–Trinajstić information content (AvgIpc) is 2.39. The third-order valence-electron chi connectivity index (χ3n) is 2.45. The van der Waals surface area contributed by atoms with Gasteiger partial charge in [0.2, 0.25) is 0 Å². The lowest BCUT2D eigenvalue weighted by Gasteiger charge is -2.11. The molecule has 1 N–H and O–H groups in total. The van der Waals surface area contributed by atoms with Gasteiger partial charge in [0, 0.05) is 6.07 Å². The predicted molar refractivity (Wildman–Crippen MR) is 68.4 cm³/mol. The fraction of sp³-hybridized carbons (Fsp3) is 0.143. The monoisotopic (exact) mass is 229 g/mol. The van der Waals surface area contributed by atoms with Crippen molar-refractivity contribution in [3.05, 3.63) is 54.1 Å². The van der Waals surface area contributed by atoms with Crippen molar-refractivity contribution in [3.63, 3.8) is 0 Å². The van der Waals surface area contributed by atoms with E-state index in [0.717, 1.165) is 22.7 Å². The van der Waals surface area contributed by atoms with Crippen molar-refractivity contribution in [1.29, 1.82) is 0 Å². The van der Waals surface area contributed by atoms with Crippen LogP contribution in [0.4, 0.5) is 5.69 Å². The van der Waals surface area contributed by atoms with Crippen molar-refractivity contribution < 1.29 is 9.57 Å². The van der Waals surface area contributed by atoms with Gasteiger partial charge in [0.05, 0.1) is 12.8 Å². The summed E-state index contributed by atoms with van der Waals surface area (Å²) in [7, 11) is 1.64. The highest BCUT2D eigenvalue weighted by molar-refractivity contribution is 5.44. The maximum atomic E-state index is 5.54. The van der Waals surface area contributed by atoms with E-state index in [1.54, 1.807) is 7.11 Å². The summed E-state index contributed by atoms with van der Waals surface area (Å²) in [5.41, 5.74) is 4.86. The second-order valence-electron chi connectivity index (χ2n) is 3.70. The van der Waals surface area contributed by atoms with Crippen LogP contribution in [0.5, 0.6) is 11.5 Å². The zero-order chi connectivity index (χ0) is 12.1. The van der Waals surface area contributed by atoms with Crippen molar-refractivity contribution in [2.45, 2.75) is 6.92 Å². The Hall–Kier alpha value is -2.16. The molecule has 0 spiro atoms. The standard InChI is InChI=1S/C14H15NO2/c1-11-8-9-13(16-2)10-14(11)17-15-12-6-4-3-5-7-12/h3-10,15H,1-2H3. The van der Waals surface area contributed by atoms with Crippen LogP contribution in [0.3, 0.4) is 0 Å². The van der Waals surface area contributed by atoms with Gasteiger partial charge in [-0.3, -0.25) is 0 Å². The summed E-state index contributed by atoms with van der Waals surface area (Å²) in [6.45, 7) is 1.99. The molecule has 0 atom stereocenters. The molecule has 0 aliphatic heterocycles. The summed E-state index contributed by atoms with van der Waals surface area (Å²) in [4.78, 5) is 5.54. The van der Waals surface area contributed by atoms with Crippen LogP contribution >= 0.6 is 0 Å². The average molecular weight is 229 g/mol. The third kappa shape index (κ3) is 2.91. The molecule has 2 aromatic rings. The number of rotatable bonds is 4. The molecule has 17 heavy (non-hydrogen) atoms.